The van der Waals surface area contributed by atoms with Crippen LogP contribution in [-0.4, -0.2) is 31.8 Å². The van der Waals surface area contributed by atoms with Crippen molar-refractivity contribution in [1.29, 1.82) is 0 Å². The average Bonchev–Trinajstić information content (AvgIpc) is 2.81. The molecule has 4 aromatic rings. The van der Waals surface area contributed by atoms with Gasteiger partial charge in [-0.05, 0) is 35.2 Å². The van der Waals surface area contributed by atoms with Gasteiger partial charge in [0.2, 0.25) is 0 Å². The molecule has 0 aromatic heterocycles. The van der Waals surface area contributed by atoms with Crippen LogP contribution in [-0.2, 0) is 21.2 Å². The molecule has 0 aliphatic heterocycles. The van der Waals surface area contributed by atoms with Gasteiger partial charge in [0.15, 0.2) is 5.78 Å². The number of anilines is 1. The number of aliphatic carboxylic acids is 1. The summed E-state index contributed by atoms with van der Waals surface area (Å²) in [6.07, 6.45) is 0.169. The summed E-state index contributed by atoms with van der Waals surface area (Å²) in [5.41, 5.74) is 1.38. The van der Waals surface area contributed by atoms with Crippen molar-refractivity contribution >= 4 is 61.4 Å². The van der Waals surface area contributed by atoms with Gasteiger partial charge in [-0.15, -0.1) is 0 Å². The second-order valence-corrected chi connectivity index (χ2v) is 10.5. The molecule has 178 valence electrons. The Kier molecular flexibility index (Phi) is 7.12. The molecule has 0 saturated heterocycles. The number of carbonyl (C=O) groups is 2. The zero-order valence-corrected chi connectivity index (χ0v) is 20.5. The Bertz CT molecular complexity index is 1520. The van der Waals surface area contributed by atoms with Crippen LogP contribution in [0.2, 0.25) is 10.0 Å². The lowest BCUT2D eigenvalue weighted by atomic mass is 9.96. The van der Waals surface area contributed by atoms with E-state index < -0.39 is 22.5 Å². The van der Waals surface area contributed by atoms with Crippen molar-refractivity contribution in [2.45, 2.75) is 11.3 Å². The molecule has 0 unspecified atom stereocenters. The smallest absolute Gasteiger partial charge is 0.324 e. The van der Waals surface area contributed by atoms with Crippen LogP contribution in [0.15, 0.2) is 89.8 Å². The Morgan fingerprint density at radius 2 is 1.43 bits per heavy atom. The zero-order chi connectivity index (χ0) is 25.2. The van der Waals surface area contributed by atoms with Crippen LogP contribution < -0.4 is 4.31 Å². The minimum atomic E-state index is -4.37. The summed E-state index contributed by atoms with van der Waals surface area (Å²) >= 11 is 12.0. The van der Waals surface area contributed by atoms with Gasteiger partial charge in [0.25, 0.3) is 10.0 Å². The number of carboxylic acids is 1. The molecule has 0 bridgehead atoms. The number of sulfonamides is 1. The molecular weight excluding hydrogens is 509 g/mol. The van der Waals surface area contributed by atoms with Gasteiger partial charge in [-0.25, -0.2) is 8.42 Å². The maximum Gasteiger partial charge on any atom is 0.324 e. The first-order chi connectivity index (χ1) is 16.7. The third kappa shape index (κ3) is 5.32. The molecule has 0 amide bonds. The number of hydrogen-bond donors (Lipinski definition) is 1. The summed E-state index contributed by atoms with van der Waals surface area (Å²) < 4.78 is 27.9. The van der Waals surface area contributed by atoms with Crippen LogP contribution in [0.1, 0.15) is 15.9 Å². The van der Waals surface area contributed by atoms with Crippen LogP contribution in [0.25, 0.3) is 10.8 Å². The van der Waals surface area contributed by atoms with E-state index in [1.807, 2.05) is 30.3 Å². The Balaban J connectivity index is 1.85. The van der Waals surface area contributed by atoms with Crippen LogP contribution in [0.3, 0.4) is 0 Å². The van der Waals surface area contributed by atoms with E-state index in [9.17, 15) is 23.1 Å². The fraction of sp³-hybridized carbons (Fsp3) is 0.0769. The number of carbonyl (C=O) groups excluding carboxylic acids is 1. The molecule has 9 heteroatoms. The van der Waals surface area contributed by atoms with E-state index >= 15 is 0 Å². The summed E-state index contributed by atoms with van der Waals surface area (Å²) in [5, 5.41) is 10.7. The molecule has 0 saturated carbocycles. The summed E-state index contributed by atoms with van der Waals surface area (Å²) in [6.45, 7) is -0.840. The number of fused-ring (bicyclic) bond motifs is 1. The van der Waals surface area contributed by atoms with Crippen molar-refractivity contribution in [3.05, 3.63) is 106 Å². The first kappa shape index (κ1) is 24.7. The van der Waals surface area contributed by atoms with E-state index in [1.54, 1.807) is 30.3 Å². The number of nitrogens with zero attached hydrogens (tertiary/aromatic N) is 1. The number of halogens is 2. The number of carboxylic acid groups (broad SMARTS) is 1. The van der Waals surface area contributed by atoms with Crippen LogP contribution in [0.5, 0.6) is 0 Å². The van der Waals surface area contributed by atoms with Crippen molar-refractivity contribution in [2.75, 3.05) is 10.8 Å². The molecule has 4 rings (SSSR count). The maximum absolute atomic E-state index is 13.6. The first-order valence-electron chi connectivity index (χ1n) is 10.5. The molecule has 6 nitrogen and oxygen atoms in total. The minimum Gasteiger partial charge on any atom is -0.480 e. The molecule has 0 heterocycles. The number of hydrogen-bond acceptors (Lipinski definition) is 4. The highest BCUT2D eigenvalue weighted by molar-refractivity contribution is 7.92. The van der Waals surface area contributed by atoms with Gasteiger partial charge in [-0.3, -0.25) is 13.9 Å². The topological polar surface area (TPSA) is 91.8 Å². The van der Waals surface area contributed by atoms with Gasteiger partial charge in [-0.1, -0.05) is 83.9 Å². The lowest BCUT2D eigenvalue weighted by Gasteiger charge is -2.25. The van der Waals surface area contributed by atoms with E-state index in [1.165, 1.54) is 24.3 Å². The third-order valence-corrected chi connectivity index (χ3v) is 7.55. The van der Waals surface area contributed by atoms with Gasteiger partial charge < -0.3 is 5.11 Å². The fourth-order valence-corrected chi connectivity index (χ4v) is 6.02. The van der Waals surface area contributed by atoms with Gasteiger partial charge in [-0.2, -0.15) is 0 Å². The highest BCUT2D eigenvalue weighted by atomic mass is 35.5. The summed E-state index contributed by atoms with van der Waals surface area (Å²) in [7, 11) is -4.37. The molecule has 0 aliphatic carbocycles. The second-order valence-electron chi connectivity index (χ2n) is 7.77. The lowest BCUT2D eigenvalue weighted by molar-refractivity contribution is -0.135. The van der Waals surface area contributed by atoms with Crippen molar-refractivity contribution in [3.8, 4) is 0 Å². The van der Waals surface area contributed by atoms with Gasteiger partial charge in [0.05, 0.1) is 10.6 Å². The molecule has 0 aliphatic rings. The minimum absolute atomic E-state index is 0.0954. The molecule has 0 atom stereocenters. The zero-order valence-electron chi connectivity index (χ0n) is 18.2. The SMILES string of the molecule is O=C(O)CN(c1cccc2c(C(=O)Cc3ccccc3)cccc12)S(=O)(=O)c1cc(Cl)cc(Cl)c1. The fourth-order valence-electron chi connectivity index (χ4n) is 3.86. The molecule has 1 N–H and O–H groups in total. The second kappa shape index (κ2) is 10.1. The number of benzene rings is 4. The van der Waals surface area contributed by atoms with Crippen LogP contribution >= 0.6 is 23.2 Å². The van der Waals surface area contributed by atoms with Gasteiger partial charge in [0, 0.05) is 27.4 Å². The third-order valence-electron chi connectivity index (χ3n) is 5.38. The lowest BCUT2D eigenvalue weighted by Crippen LogP contribution is -2.36. The van der Waals surface area contributed by atoms with Gasteiger partial charge >= 0.3 is 5.97 Å². The van der Waals surface area contributed by atoms with Crippen LogP contribution in [0.4, 0.5) is 5.69 Å². The molecule has 0 radical (unpaired) electrons. The van der Waals surface area contributed by atoms with Crippen molar-refractivity contribution in [1.82, 2.24) is 0 Å². The number of ketones is 1. The molecular formula is C26H19Cl2NO5S. The molecule has 0 fully saturated rings. The standard InChI is InChI=1S/C26H19Cl2NO5S/c27-18-13-19(28)15-20(14-18)35(33,34)29(16-26(31)32)24-11-5-8-21-22(24)9-4-10-23(21)25(30)12-17-6-2-1-3-7-17/h1-11,13-15H,12,16H2,(H,31,32). The van der Waals surface area contributed by atoms with Gasteiger partial charge in [0.1, 0.15) is 6.54 Å². The summed E-state index contributed by atoms with van der Waals surface area (Å²) in [4.78, 5) is 24.6. The highest BCUT2D eigenvalue weighted by Gasteiger charge is 2.29. The monoisotopic (exact) mass is 527 g/mol. The number of rotatable bonds is 8. The Morgan fingerprint density at radius 1 is 0.800 bits per heavy atom. The Hall–Kier alpha value is -3.39. The van der Waals surface area contributed by atoms with Crippen molar-refractivity contribution in [2.24, 2.45) is 0 Å². The highest BCUT2D eigenvalue weighted by Crippen LogP contribution is 2.34. The van der Waals surface area contributed by atoms with Crippen molar-refractivity contribution < 1.29 is 23.1 Å². The molecule has 35 heavy (non-hydrogen) atoms. The van der Waals surface area contributed by atoms with Crippen molar-refractivity contribution in [3.63, 3.8) is 0 Å². The maximum atomic E-state index is 13.6. The Labute approximate surface area is 212 Å². The quantitative estimate of drug-likeness (QED) is 0.290. The number of Topliss-reactive ketones (excluding diaryl/α,β-unsaturated/α-hetero) is 1. The van der Waals surface area contributed by atoms with E-state index in [-0.39, 0.29) is 32.8 Å². The predicted molar refractivity (Wildman–Crippen MR) is 137 cm³/mol. The first-order valence-corrected chi connectivity index (χ1v) is 12.7. The Morgan fingerprint density at radius 3 is 2.09 bits per heavy atom. The van der Waals surface area contributed by atoms with Crippen LogP contribution in [0, 0.1) is 0 Å². The molecule has 4 aromatic carbocycles. The summed E-state index contributed by atoms with van der Waals surface area (Å²) in [5.74, 6) is -1.50. The summed E-state index contributed by atoms with van der Waals surface area (Å²) in [6, 6.07) is 22.8. The van der Waals surface area contributed by atoms with E-state index in [4.69, 9.17) is 23.2 Å². The predicted octanol–water partition coefficient (Wildman–Crippen LogP) is 5.85. The van der Waals surface area contributed by atoms with E-state index in [2.05, 4.69) is 0 Å². The van der Waals surface area contributed by atoms with E-state index in [0.717, 1.165) is 9.87 Å². The average molecular weight is 528 g/mol. The molecule has 0 spiro atoms. The largest absolute Gasteiger partial charge is 0.480 e. The normalized spacial score (nSPS) is 11.4. The van der Waals surface area contributed by atoms with E-state index in [0.29, 0.717) is 16.3 Å².